The summed E-state index contributed by atoms with van der Waals surface area (Å²) in [5.74, 6) is 0.416. The molecule has 0 saturated heterocycles. The minimum atomic E-state index is -1.86. The second-order valence-electron chi connectivity index (χ2n) is 6.38. The third kappa shape index (κ3) is 4.36. The Morgan fingerprint density at radius 3 is 2.43 bits per heavy atom. The number of hydrogen-bond donors (Lipinski definition) is 1. The summed E-state index contributed by atoms with van der Waals surface area (Å²) in [6.45, 7) is 0.434. The molecule has 6 nitrogen and oxygen atoms in total. The van der Waals surface area contributed by atoms with Gasteiger partial charge in [-0.2, -0.15) is 9.97 Å². The molecular formula is C21H14Cl3N5O. The number of alkyl halides is 3. The average molecular weight is 459 g/mol. The van der Waals surface area contributed by atoms with E-state index in [0.717, 1.165) is 22.6 Å². The van der Waals surface area contributed by atoms with Gasteiger partial charge in [0.1, 0.15) is 0 Å². The maximum atomic E-state index is 11.9. The molecule has 0 saturated carbocycles. The quantitative estimate of drug-likeness (QED) is 0.321. The van der Waals surface area contributed by atoms with Gasteiger partial charge in [0.05, 0.1) is 0 Å². The van der Waals surface area contributed by atoms with Crippen molar-refractivity contribution in [1.29, 1.82) is 0 Å². The van der Waals surface area contributed by atoms with Crippen molar-refractivity contribution in [2.75, 3.05) is 5.32 Å². The first-order valence-electron chi connectivity index (χ1n) is 8.89. The maximum Gasteiger partial charge on any atom is 0.250 e. The number of carbonyl (C=O) groups excluding carboxylic acids is 1. The molecule has 0 spiro atoms. The van der Waals surface area contributed by atoms with E-state index in [1.165, 1.54) is 0 Å². The number of benzene rings is 2. The molecule has 30 heavy (non-hydrogen) atoms. The van der Waals surface area contributed by atoms with Crippen LogP contribution in [0, 0.1) is 0 Å². The molecule has 150 valence electrons. The number of rotatable bonds is 5. The lowest BCUT2D eigenvalue weighted by atomic mass is 9.99. The van der Waals surface area contributed by atoms with Crippen LogP contribution in [0.2, 0.25) is 0 Å². The number of halogens is 3. The van der Waals surface area contributed by atoms with Gasteiger partial charge < -0.3 is 5.32 Å². The third-order valence-electron chi connectivity index (χ3n) is 4.42. The summed E-state index contributed by atoms with van der Waals surface area (Å²) in [5, 5.41) is 4.81. The highest BCUT2D eigenvalue weighted by molar-refractivity contribution is 6.66. The van der Waals surface area contributed by atoms with Crippen LogP contribution in [0.5, 0.6) is 0 Å². The van der Waals surface area contributed by atoms with Gasteiger partial charge in [-0.05, 0) is 34.5 Å². The van der Waals surface area contributed by atoms with Gasteiger partial charge in [-0.25, -0.2) is 4.98 Å². The number of aldehydes is 1. The van der Waals surface area contributed by atoms with Gasteiger partial charge in [0.15, 0.2) is 17.9 Å². The molecule has 4 aromatic rings. The summed E-state index contributed by atoms with van der Waals surface area (Å²) in [6.07, 6.45) is 4.16. The minimum absolute atomic E-state index is 0.0419. The molecule has 0 aliphatic carbocycles. The van der Waals surface area contributed by atoms with Crippen molar-refractivity contribution in [2.24, 2.45) is 0 Å². The van der Waals surface area contributed by atoms with Crippen LogP contribution >= 0.6 is 34.8 Å². The Morgan fingerprint density at radius 2 is 1.70 bits per heavy atom. The van der Waals surface area contributed by atoms with E-state index in [-0.39, 0.29) is 17.6 Å². The lowest BCUT2D eigenvalue weighted by Crippen LogP contribution is -2.14. The Hall–Kier alpha value is -2.80. The molecule has 0 bridgehead atoms. The molecule has 2 aromatic carbocycles. The highest BCUT2D eigenvalue weighted by Crippen LogP contribution is 2.37. The second-order valence-corrected chi connectivity index (χ2v) is 8.66. The van der Waals surface area contributed by atoms with Crippen LogP contribution in [-0.4, -0.2) is 26.2 Å². The SMILES string of the molecule is O=Cc1c(-c2nc(NCc3ccncc3)nc(C(Cl)(Cl)Cl)n2)ccc2ccccc12. The Labute approximate surface area is 187 Å². The van der Waals surface area contributed by atoms with Crippen LogP contribution < -0.4 is 5.32 Å². The lowest BCUT2D eigenvalue weighted by molar-refractivity contribution is 0.112. The number of nitrogens with zero attached hydrogens (tertiary/aromatic N) is 4. The van der Waals surface area contributed by atoms with Crippen molar-refractivity contribution >= 4 is 57.8 Å². The van der Waals surface area contributed by atoms with Crippen molar-refractivity contribution in [3.05, 3.63) is 77.9 Å². The Bertz CT molecular complexity index is 1210. The predicted molar refractivity (Wildman–Crippen MR) is 119 cm³/mol. The molecule has 2 heterocycles. The standard InChI is InChI=1S/C21H14Cl3N5O/c22-21(23,24)19-27-18(28-20(29-19)26-11-13-7-9-25-10-8-13)16-6-5-14-3-1-2-4-15(14)17(16)12-30/h1-10,12H,11H2,(H,26,27,28,29). The van der Waals surface area contributed by atoms with Crippen molar-refractivity contribution in [3.8, 4) is 11.4 Å². The van der Waals surface area contributed by atoms with Crippen LogP contribution in [0.15, 0.2) is 60.9 Å². The maximum absolute atomic E-state index is 11.9. The molecule has 4 rings (SSSR count). The van der Waals surface area contributed by atoms with Gasteiger partial charge in [-0.3, -0.25) is 9.78 Å². The summed E-state index contributed by atoms with van der Waals surface area (Å²) in [7, 11) is 0. The molecule has 1 N–H and O–H groups in total. The predicted octanol–water partition coefficient (Wildman–Crippen LogP) is 5.34. The molecule has 0 fully saturated rings. The van der Waals surface area contributed by atoms with E-state index in [1.807, 2.05) is 42.5 Å². The number of carbonyl (C=O) groups is 1. The van der Waals surface area contributed by atoms with Crippen LogP contribution in [-0.2, 0) is 10.3 Å². The van der Waals surface area contributed by atoms with Gasteiger partial charge in [0.25, 0.3) is 0 Å². The van der Waals surface area contributed by atoms with Gasteiger partial charge in [-0.15, -0.1) is 0 Å². The Balaban J connectivity index is 1.81. The van der Waals surface area contributed by atoms with Crippen LogP contribution in [0.25, 0.3) is 22.2 Å². The number of pyridine rings is 1. The highest BCUT2D eigenvalue weighted by Gasteiger charge is 2.29. The summed E-state index contributed by atoms with van der Waals surface area (Å²) in [5.41, 5.74) is 1.95. The minimum Gasteiger partial charge on any atom is -0.350 e. The molecule has 0 aliphatic rings. The molecule has 0 amide bonds. The molecular weight excluding hydrogens is 445 g/mol. The number of nitrogens with one attached hydrogen (secondary N) is 1. The number of hydrogen-bond acceptors (Lipinski definition) is 6. The zero-order valence-electron chi connectivity index (χ0n) is 15.4. The van der Waals surface area contributed by atoms with Crippen molar-refractivity contribution in [2.45, 2.75) is 10.3 Å². The first-order valence-corrected chi connectivity index (χ1v) is 10.0. The van der Waals surface area contributed by atoms with Gasteiger partial charge in [-0.1, -0.05) is 65.1 Å². The second kappa shape index (κ2) is 8.52. The van der Waals surface area contributed by atoms with Crippen molar-refractivity contribution < 1.29 is 4.79 Å². The summed E-state index contributed by atoms with van der Waals surface area (Å²) >= 11 is 18.1. The fourth-order valence-corrected chi connectivity index (χ4v) is 3.26. The first kappa shape index (κ1) is 20.5. The van der Waals surface area contributed by atoms with Gasteiger partial charge in [0.2, 0.25) is 9.74 Å². The summed E-state index contributed by atoms with van der Waals surface area (Å²) < 4.78 is -1.86. The zero-order valence-corrected chi connectivity index (χ0v) is 17.7. The molecule has 0 unspecified atom stereocenters. The van der Waals surface area contributed by atoms with E-state index >= 15 is 0 Å². The van der Waals surface area contributed by atoms with E-state index in [4.69, 9.17) is 34.8 Å². The van der Waals surface area contributed by atoms with Gasteiger partial charge >= 0.3 is 0 Å². The normalized spacial score (nSPS) is 11.4. The van der Waals surface area contributed by atoms with Crippen molar-refractivity contribution in [3.63, 3.8) is 0 Å². The Morgan fingerprint density at radius 1 is 0.933 bits per heavy atom. The smallest absolute Gasteiger partial charge is 0.250 e. The number of anilines is 1. The molecule has 9 heteroatoms. The fraction of sp³-hybridized carbons (Fsp3) is 0.0952. The lowest BCUT2D eigenvalue weighted by Gasteiger charge is -2.14. The number of aromatic nitrogens is 4. The molecule has 0 atom stereocenters. The first-order chi connectivity index (χ1) is 14.5. The molecule has 0 aliphatic heterocycles. The van der Waals surface area contributed by atoms with Crippen LogP contribution in [0.3, 0.4) is 0 Å². The Kier molecular flexibility index (Phi) is 5.81. The van der Waals surface area contributed by atoms with E-state index in [1.54, 1.807) is 18.5 Å². The topological polar surface area (TPSA) is 80.7 Å². The highest BCUT2D eigenvalue weighted by atomic mass is 35.6. The van der Waals surface area contributed by atoms with E-state index in [2.05, 4.69) is 25.3 Å². The zero-order chi connectivity index (χ0) is 21.1. The van der Waals surface area contributed by atoms with Crippen molar-refractivity contribution in [1.82, 2.24) is 19.9 Å². The fourth-order valence-electron chi connectivity index (χ4n) is 3.00. The van der Waals surface area contributed by atoms with Crippen LogP contribution in [0.1, 0.15) is 21.7 Å². The van der Waals surface area contributed by atoms with Gasteiger partial charge in [0, 0.05) is 30.1 Å². The molecule has 2 aromatic heterocycles. The molecule has 0 radical (unpaired) electrons. The number of fused-ring (bicyclic) bond motifs is 1. The summed E-state index contributed by atoms with van der Waals surface area (Å²) in [6, 6.07) is 14.9. The monoisotopic (exact) mass is 457 g/mol. The van der Waals surface area contributed by atoms with E-state index in [9.17, 15) is 4.79 Å². The van der Waals surface area contributed by atoms with E-state index < -0.39 is 3.79 Å². The average Bonchev–Trinajstić information content (AvgIpc) is 2.76. The summed E-state index contributed by atoms with van der Waals surface area (Å²) in [4.78, 5) is 28.9. The van der Waals surface area contributed by atoms with Crippen LogP contribution in [0.4, 0.5) is 5.95 Å². The van der Waals surface area contributed by atoms with E-state index in [0.29, 0.717) is 17.7 Å². The third-order valence-corrected chi connectivity index (χ3v) is 4.93. The largest absolute Gasteiger partial charge is 0.350 e.